The lowest BCUT2D eigenvalue weighted by molar-refractivity contribution is -0.121. The number of carbonyl (C=O) groups excluding carboxylic acids is 1. The molecule has 0 spiro atoms. The molecule has 0 saturated carbocycles. The van der Waals surface area contributed by atoms with Gasteiger partial charge in [0, 0.05) is 13.0 Å². The molecular weight excluding hydrogens is 202 g/mol. The maximum Gasteiger partial charge on any atom is 0.220 e. The first-order valence-electron chi connectivity index (χ1n) is 4.75. The van der Waals surface area contributed by atoms with Crippen LogP contribution < -0.4 is 5.32 Å². The Balaban J connectivity index is 3.10. The second-order valence-corrected chi connectivity index (χ2v) is 3.77. The van der Waals surface area contributed by atoms with Gasteiger partial charge in [-0.05, 0) is 18.4 Å². The highest BCUT2D eigenvalue weighted by Gasteiger charge is 1.99. The van der Waals surface area contributed by atoms with Gasteiger partial charge in [0.05, 0.1) is 19.8 Å². The number of aliphatic hydroxyl groups excluding tert-OH is 1. The zero-order valence-electron chi connectivity index (χ0n) is 8.62. The molecule has 4 nitrogen and oxygen atoms in total. The van der Waals surface area contributed by atoms with E-state index in [-0.39, 0.29) is 12.5 Å². The summed E-state index contributed by atoms with van der Waals surface area (Å²) in [6, 6.07) is 0. The van der Waals surface area contributed by atoms with Crippen LogP contribution >= 0.6 is 11.8 Å². The molecule has 0 bridgehead atoms. The maximum absolute atomic E-state index is 11.1. The van der Waals surface area contributed by atoms with Crippen molar-refractivity contribution in [3.05, 3.63) is 0 Å². The van der Waals surface area contributed by atoms with E-state index in [4.69, 9.17) is 9.84 Å². The Morgan fingerprint density at radius 1 is 1.50 bits per heavy atom. The summed E-state index contributed by atoms with van der Waals surface area (Å²) in [5.41, 5.74) is 0. The van der Waals surface area contributed by atoms with Gasteiger partial charge in [-0.15, -0.1) is 0 Å². The van der Waals surface area contributed by atoms with Crippen LogP contribution in [0.2, 0.25) is 0 Å². The van der Waals surface area contributed by atoms with Crippen LogP contribution in [0.4, 0.5) is 0 Å². The molecule has 0 aliphatic rings. The van der Waals surface area contributed by atoms with Crippen molar-refractivity contribution < 1.29 is 14.6 Å². The molecule has 0 fully saturated rings. The van der Waals surface area contributed by atoms with Crippen LogP contribution in [0.25, 0.3) is 0 Å². The topological polar surface area (TPSA) is 58.6 Å². The molecule has 0 aromatic carbocycles. The average molecular weight is 221 g/mol. The number of nitrogens with one attached hydrogen (secondary N) is 1. The summed E-state index contributed by atoms with van der Waals surface area (Å²) in [4.78, 5) is 11.1. The van der Waals surface area contributed by atoms with Gasteiger partial charge in [-0.2, -0.15) is 11.8 Å². The van der Waals surface area contributed by atoms with E-state index in [0.29, 0.717) is 26.2 Å². The van der Waals surface area contributed by atoms with Crippen molar-refractivity contribution in [2.24, 2.45) is 0 Å². The Hall–Kier alpha value is -0.260. The van der Waals surface area contributed by atoms with Crippen LogP contribution in [0.5, 0.6) is 0 Å². The summed E-state index contributed by atoms with van der Waals surface area (Å²) >= 11 is 1.75. The van der Waals surface area contributed by atoms with Crippen molar-refractivity contribution in [2.45, 2.75) is 12.8 Å². The van der Waals surface area contributed by atoms with Crippen LogP contribution in [0.15, 0.2) is 0 Å². The van der Waals surface area contributed by atoms with Gasteiger partial charge in [-0.1, -0.05) is 0 Å². The third-order valence-electron chi connectivity index (χ3n) is 1.56. The van der Waals surface area contributed by atoms with Crippen molar-refractivity contribution in [2.75, 3.05) is 38.4 Å². The highest BCUT2D eigenvalue weighted by molar-refractivity contribution is 7.98. The van der Waals surface area contributed by atoms with Crippen molar-refractivity contribution in [3.8, 4) is 0 Å². The average Bonchev–Trinajstić information content (AvgIpc) is 2.18. The maximum atomic E-state index is 11.1. The van der Waals surface area contributed by atoms with Crippen LogP contribution in [-0.4, -0.2) is 49.4 Å². The molecule has 0 radical (unpaired) electrons. The lowest BCUT2D eigenvalue weighted by Gasteiger charge is -2.04. The molecule has 2 N–H and O–H groups in total. The fraction of sp³-hybridized carbons (Fsp3) is 0.889. The molecule has 84 valence electrons. The fourth-order valence-electron chi connectivity index (χ4n) is 0.895. The van der Waals surface area contributed by atoms with E-state index in [1.165, 1.54) is 0 Å². The molecule has 0 unspecified atom stereocenters. The van der Waals surface area contributed by atoms with Gasteiger partial charge in [-0.25, -0.2) is 0 Å². The third kappa shape index (κ3) is 9.83. The normalized spacial score (nSPS) is 10.1. The van der Waals surface area contributed by atoms with E-state index >= 15 is 0 Å². The molecule has 0 rings (SSSR count). The zero-order valence-corrected chi connectivity index (χ0v) is 9.44. The van der Waals surface area contributed by atoms with Crippen LogP contribution in [0.3, 0.4) is 0 Å². The molecule has 0 atom stereocenters. The number of ether oxygens (including phenoxy) is 1. The largest absolute Gasteiger partial charge is 0.394 e. The van der Waals surface area contributed by atoms with Gasteiger partial charge in [-0.3, -0.25) is 4.79 Å². The fourth-order valence-corrected chi connectivity index (χ4v) is 1.33. The first-order chi connectivity index (χ1) is 6.81. The second kappa shape index (κ2) is 10.8. The molecule has 1 amide bonds. The van der Waals surface area contributed by atoms with E-state index in [0.717, 1.165) is 12.2 Å². The van der Waals surface area contributed by atoms with Crippen molar-refractivity contribution in [3.63, 3.8) is 0 Å². The molecule has 0 aromatic rings. The third-order valence-corrected chi connectivity index (χ3v) is 2.25. The predicted octanol–water partition coefficient (Wildman–Crippen LogP) is 0.255. The van der Waals surface area contributed by atoms with Crippen molar-refractivity contribution in [1.82, 2.24) is 5.32 Å². The first-order valence-corrected chi connectivity index (χ1v) is 6.15. The number of aliphatic hydroxyl groups is 1. The minimum absolute atomic E-state index is 0.0294. The van der Waals surface area contributed by atoms with Crippen molar-refractivity contribution >= 4 is 17.7 Å². The van der Waals surface area contributed by atoms with Crippen LogP contribution in [0, 0.1) is 0 Å². The summed E-state index contributed by atoms with van der Waals surface area (Å²) in [6.07, 6.45) is 3.53. The monoisotopic (exact) mass is 221 g/mol. The lowest BCUT2D eigenvalue weighted by atomic mass is 10.3. The molecule has 0 aliphatic heterocycles. The van der Waals surface area contributed by atoms with Gasteiger partial charge in [0.15, 0.2) is 0 Å². The lowest BCUT2D eigenvalue weighted by Crippen LogP contribution is -2.27. The standard InChI is InChI=1S/C9H19NO3S/c1-14-8-2-3-9(12)10-4-6-13-7-5-11/h11H,2-8H2,1H3,(H,10,12). The molecular formula is C9H19NO3S. The van der Waals surface area contributed by atoms with E-state index < -0.39 is 0 Å². The number of carbonyl (C=O) groups is 1. The quantitative estimate of drug-likeness (QED) is 0.548. The Morgan fingerprint density at radius 3 is 2.93 bits per heavy atom. The van der Waals surface area contributed by atoms with Gasteiger partial charge in [0.1, 0.15) is 0 Å². The zero-order chi connectivity index (χ0) is 10.6. The molecule has 0 aromatic heterocycles. The van der Waals surface area contributed by atoms with Gasteiger partial charge in [0.25, 0.3) is 0 Å². The Morgan fingerprint density at radius 2 is 2.29 bits per heavy atom. The van der Waals surface area contributed by atoms with Crippen molar-refractivity contribution in [1.29, 1.82) is 0 Å². The van der Waals surface area contributed by atoms with E-state index in [9.17, 15) is 4.79 Å². The summed E-state index contributed by atoms with van der Waals surface area (Å²) in [5, 5.41) is 11.1. The van der Waals surface area contributed by atoms with Crippen LogP contribution in [0.1, 0.15) is 12.8 Å². The molecule has 0 heterocycles. The van der Waals surface area contributed by atoms with Crippen LogP contribution in [-0.2, 0) is 9.53 Å². The number of rotatable bonds is 9. The molecule has 5 heteroatoms. The number of thioether (sulfide) groups is 1. The van der Waals surface area contributed by atoms with E-state index in [2.05, 4.69) is 5.32 Å². The molecule has 0 saturated heterocycles. The summed E-state index contributed by atoms with van der Waals surface area (Å²) in [7, 11) is 0. The SMILES string of the molecule is CSCCCC(=O)NCCOCCO. The molecule has 0 aliphatic carbocycles. The van der Waals surface area contributed by atoms with E-state index in [1.807, 2.05) is 6.26 Å². The summed E-state index contributed by atoms with van der Waals surface area (Å²) < 4.78 is 4.99. The minimum atomic E-state index is 0.0294. The first kappa shape index (κ1) is 13.7. The Bertz CT molecular complexity index is 144. The van der Waals surface area contributed by atoms with Gasteiger partial charge in [0.2, 0.25) is 5.91 Å². The van der Waals surface area contributed by atoms with Gasteiger partial charge >= 0.3 is 0 Å². The predicted molar refractivity (Wildman–Crippen MR) is 58.5 cm³/mol. The summed E-state index contributed by atoms with van der Waals surface area (Å²) in [6.45, 7) is 1.36. The number of amides is 1. The Labute approximate surface area is 89.4 Å². The highest BCUT2D eigenvalue weighted by Crippen LogP contribution is 1.98. The number of hydrogen-bond donors (Lipinski definition) is 2. The van der Waals surface area contributed by atoms with E-state index in [1.54, 1.807) is 11.8 Å². The number of hydrogen-bond acceptors (Lipinski definition) is 4. The smallest absolute Gasteiger partial charge is 0.220 e. The summed E-state index contributed by atoms with van der Waals surface area (Å²) in [5.74, 6) is 1.10. The second-order valence-electron chi connectivity index (χ2n) is 2.78. The minimum Gasteiger partial charge on any atom is -0.394 e. The molecule has 14 heavy (non-hydrogen) atoms. The Kier molecular flexibility index (Phi) is 10.6. The highest BCUT2D eigenvalue weighted by atomic mass is 32.2. The van der Waals surface area contributed by atoms with Gasteiger partial charge < -0.3 is 15.2 Å².